The van der Waals surface area contributed by atoms with Crippen LogP contribution >= 0.6 is 0 Å². The molecule has 3 heterocycles. The maximum absolute atomic E-state index is 6.93. The lowest BCUT2D eigenvalue weighted by atomic mass is 9.65. The second-order valence-electron chi connectivity index (χ2n) is 15.2. The van der Waals surface area contributed by atoms with Gasteiger partial charge in [0.25, 0.3) is 0 Å². The molecule has 1 aliphatic heterocycles. The number of rotatable bonds is 2. The zero-order valence-corrected chi connectivity index (χ0v) is 30.3. The molecule has 0 amide bonds. The van der Waals surface area contributed by atoms with Crippen LogP contribution in [0.4, 0.5) is 0 Å². The van der Waals surface area contributed by atoms with Crippen molar-refractivity contribution < 1.29 is 4.74 Å². The van der Waals surface area contributed by atoms with E-state index in [1.807, 2.05) is 0 Å². The van der Waals surface area contributed by atoms with Crippen molar-refractivity contribution >= 4 is 54.4 Å². The number of benzene rings is 9. The lowest BCUT2D eigenvalue weighted by Gasteiger charge is -2.40. The maximum Gasteiger partial charge on any atom is 0.132 e. The van der Waals surface area contributed by atoms with Gasteiger partial charge in [-0.3, -0.25) is 0 Å². The first kappa shape index (κ1) is 30.0. The number of hydrogen-bond acceptors (Lipinski definition) is 1. The Morgan fingerprint density at radius 3 is 1.27 bits per heavy atom. The second-order valence-corrected chi connectivity index (χ2v) is 15.2. The van der Waals surface area contributed by atoms with Crippen LogP contribution in [-0.4, -0.2) is 9.13 Å². The number of hydrogen-bond donors (Lipinski definition) is 0. The summed E-state index contributed by atoms with van der Waals surface area (Å²) in [6.07, 6.45) is 0. The van der Waals surface area contributed by atoms with E-state index in [1.54, 1.807) is 0 Å². The molecule has 2 aromatic heterocycles. The molecule has 9 aromatic carbocycles. The van der Waals surface area contributed by atoms with Crippen LogP contribution in [0.15, 0.2) is 194 Å². The van der Waals surface area contributed by atoms with Crippen molar-refractivity contribution in [2.75, 3.05) is 0 Å². The molecule has 0 atom stereocenters. The average molecular weight is 713 g/mol. The molecule has 0 radical (unpaired) electrons. The third-order valence-corrected chi connectivity index (χ3v) is 12.5. The summed E-state index contributed by atoms with van der Waals surface area (Å²) < 4.78 is 11.8. The summed E-state index contributed by atoms with van der Waals surface area (Å²) in [5.41, 5.74) is 13.7. The standard InChI is InChI=1S/C53H32N2O/c1-2-14-34-30-52-46(29-33(34)13-1)53(43-19-7-12-24-51(43)56-52)44-31-35(54-47-20-8-3-15-39(47)40-16-4-9-21-48(40)54)25-27-37(44)38-28-26-36(32-45(38)53)55-49-22-10-5-17-41(49)42-18-6-11-23-50(42)55/h1-32H. The molecule has 2 aliphatic rings. The second kappa shape index (κ2) is 10.9. The summed E-state index contributed by atoms with van der Waals surface area (Å²) in [5.74, 6) is 1.78. The van der Waals surface area contributed by atoms with Crippen molar-refractivity contribution in [2.24, 2.45) is 0 Å². The van der Waals surface area contributed by atoms with Crippen molar-refractivity contribution in [1.29, 1.82) is 0 Å². The largest absolute Gasteiger partial charge is 0.457 e. The highest BCUT2D eigenvalue weighted by Gasteiger charge is 2.51. The highest BCUT2D eigenvalue weighted by Crippen LogP contribution is 2.63. The summed E-state index contributed by atoms with van der Waals surface area (Å²) in [7, 11) is 0. The first-order valence-corrected chi connectivity index (χ1v) is 19.3. The third-order valence-electron chi connectivity index (χ3n) is 12.5. The SMILES string of the molecule is c1ccc2c(c1)Oc1cc3ccccc3cc1C21c2cc(-n3c4ccccc4c4ccccc43)ccc2-c2ccc(-n3c4ccccc4c4ccccc43)cc21. The van der Waals surface area contributed by atoms with E-state index in [2.05, 4.69) is 203 Å². The van der Waals surface area contributed by atoms with E-state index in [-0.39, 0.29) is 0 Å². The predicted octanol–water partition coefficient (Wildman–Crippen LogP) is 13.5. The number of ether oxygens (including phenoxy) is 1. The minimum Gasteiger partial charge on any atom is -0.457 e. The molecule has 1 spiro atoms. The van der Waals surface area contributed by atoms with Gasteiger partial charge in [-0.05, 0) is 99.8 Å². The van der Waals surface area contributed by atoms with Crippen LogP contribution in [0.3, 0.4) is 0 Å². The smallest absolute Gasteiger partial charge is 0.132 e. The average Bonchev–Trinajstić information content (AvgIpc) is 3.87. The number of nitrogens with zero attached hydrogens (tertiary/aromatic N) is 2. The number of fused-ring (bicyclic) bond motifs is 16. The molecule has 13 rings (SSSR count). The third kappa shape index (κ3) is 3.76. The van der Waals surface area contributed by atoms with Crippen LogP contribution in [0.5, 0.6) is 11.5 Å². The lowest BCUT2D eigenvalue weighted by Crippen LogP contribution is -2.32. The van der Waals surface area contributed by atoms with Gasteiger partial charge in [0.1, 0.15) is 11.5 Å². The molecule has 0 N–H and O–H groups in total. The Morgan fingerprint density at radius 2 is 0.750 bits per heavy atom. The molecule has 0 saturated carbocycles. The Balaban J connectivity index is 1.17. The summed E-state index contributed by atoms with van der Waals surface area (Å²) in [5, 5.41) is 7.38. The van der Waals surface area contributed by atoms with Gasteiger partial charge >= 0.3 is 0 Å². The van der Waals surface area contributed by atoms with Gasteiger partial charge in [-0.2, -0.15) is 0 Å². The first-order chi connectivity index (χ1) is 27.8. The van der Waals surface area contributed by atoms with E-state index in [0.29, 0.717) is 0 Å². The quantitative estimate of drug-likeness (QED) is 0.175. The van der Waals surface area contributed by atoms with E-state index < -0.39 is 5.41 Å². The van der Waals surface area contributed by atoms with Crippen LogP contribution < -0.4 is 4.74 Å². The highest BCUT2D eigenvalue weighted by atomic mass is 16.5. The normalized spacial score (nSPS) is 13.6. The predicted molar refractivity (Wildman–Crippen MR) is 230 cm³/mol. The Hall–Kier alpha value is -7.36. The minimum atomic E-state index is -0.664. The molecule has 1 aliphatic carbocycles. The van der Waals surface area contributed by atoms with E-state index in [1.165, 1.54) is 71.3 Å². The Labute approximate surface area is 322 Å². The van der Waals surface area contributed by atoms with E-state index in [9.17, 15) is 0 Å². The van der Waals surface area contributed by atoms with Crippen molar-refractivity contribution in [1.82, 2.24) is 9.13 Å². The van der Waals surface area contributed by atoms with Gasteiger partial charge in [-0.15, -0.1) is 0 Å². The minimum absolute atomic E-state index is 0.664. The Bertz CT molecular complexity index is 3200. The summed E-state index contributed by atoms with van der Waals surface area (Å²) >= 11 is 0. The lowest BCUT2D eigenvalue weighted by molar-refractivity contribution is 0.437. The number of aromatic nitrogens is 2. The molecule has 3 heteroatoms. The fourth-order valence-electron chi connectivity index (χ4n) is 10.3. The van der Waals surface area contributed by atoms with Gasteiger partial charge < -0.3 is 13.9 Å². The Kier molecular flexibility index (Phi) is 5.83. The van der Waals surface area contributed by atoms with Crippen LogP contribution in [-0.2, 0) is 5.41 Å². The molecule has 0 saturated heterocycles. The zero-order chi connectivity index (χ0) is 36.5. The van der Waals surface area contributed by atoms with Gasteiger partial charge in [-0.1, -0.05) is 127 Å². The fraction of sp³-hybridized carbons (Fsp3) is 0.0189. The van der Waals surface area contributed by atoms with E-state index in [4.69, 9.17) is 4.74 Å². The van der Waals surface area contributed by atoms with Crippen LogP contribution in [0.25, 0.3) is 76.9 Å². The zero-order valence-electron chi connectivity index (χ0n) is 30.3. The van der Waals surface area contributed by atoms with Gasteiger partial charge in [0.05, 0.1) is 27.5 Å². The maximum atomic E-state index is 6.93. The van der Waals surface area contributed by atoms with Crippen molar-refractivity contribution in [3.05, 3.63) is 216 Å². The van der Waals surface area contributed by atoms with Gasteiger partial charge in [0.2, 0.25) is 0 Å². The summed E-state index contributed by atoms with van der Waals surface area (Å²) in [4.78, 5) is 0. The monoisotopic (exact) mass is 712 g/mol. The van der Waals surface area contributed by atoms with Crippen molar-refractivity contribution in [3.8, 4) is 34.0 Å². The van der Waals surface area contributed by atoms with Gasteiger partial charge in [-0.25, -0.2) is 0 Å². The summed E-state index contributed by atoms with van der Waals surface area (Å²) in [6, 6.07) is 71.4. The topological polar surface area (TPSA) is 19.1 Å². The molecule has 0 bridgehead atoms. The molecule has 11 aromatic rings. The van der Waals surface area contributed by atoms with Crippen molar-refractivity contribution in [2.45, 2.75) is 5.41 Å². The molecular formula is C53H32N2O. The molecule has 3 nitrogen and oxygen atoms in total. The van der Waals surface area contributed by atoms with Crippen LogP contribution in [0.1, 0.15) is 22.3 Å². The van der Waals surface area contributed by atoms with Gasteiger partial charge in [0.15, 0.2) is 0 Å². The molecule has 0 unspecified atom stereocenters. The molecule has 0 fully saturated rings. The van der Waals surface area contributed by atoms with Gasteiger partial charge in [0, 0.05) is 44.0 Å². The molecule has 56 heavy (non-hydrogen) atoms. The molecule has 260 valence electrons. The fourth-order valence-corrected chi connectivity index (χ4v) is 10.3. The highest BCUT2D eigenvalue weighted by molar-refractivity contribution is 6.10. The first-order valence-electron chi connectivity index (χ1n) is 19.3. The van der Waals surface area contributed by atoms with E-state index in [0.717, 1.165) is 39.4 Å². The number of para-hydroxylation sites is 5. The van der Waals surface area contributed by atoms with Crippen LogP contribution in [0, 0.1) is 0 Å². The van der Waals surface area contributed by atoms with Crippen molar-refractivity contribution in [3.63, 3.8) is 0 Å². The molecular weight excluding hydrogens is 681 g/mol. The van der Waals surface area contributed by atoms with E-state index >= 15 is 0 Å². The summed E-state index contributed by atoms with van der Waals surface area (Å²) in [6.45, 7) is 0. The Morgan fingerprint density at radius 1 is 0.321 bits per heavy atom. The van der Waals surface area contributed by atoms with Crippen LogP contribution in [0.2, 0.25) is 0 Å².